The van der Waals surface area contributed by atoms with Crippen molar-refractivity contribution in [3.05, 3.63) is 16.3 Å². The Morgan fingerprint density at radius 3 is 2.75 bits per heavy atom. The van der Waals surface area contributed by atoms with Crippen LogP contribution in [0, 0.1) is 10.1 Å². The zero-order chi connectivity index (χ0) is 12.1. The number of hydrogen-bond donors (Lipinski definition) is 2. The molecule has 0 aliphatic heterocycles. The van der Waals surface area contributed by atoms with Gasteiger partial charge in [0.25, 0.3) is 0 Å². The van der Waals surface area contributed by atoms with E-state index in [4.69, 9.17) is 0 Å². The van der Waals surface area contributed by atoms with Crippen LogP contribution in [0.4, 0.5) is 17.5 Å². The van der Waals surface area contributed by atoms with E-state index in [0.29, 0.717) is 12.5 Å². The van der Waals surface area contributed by atoms with Gasteiger partial charge in [0.2, 0.25) is 11.8 Å². The third-order valence-corrected chi connectivity index (χ3v) is 1.73. The van der Waals surface area contributed by atoms with Crippen molar-refractivity contribution < 1.29 is 4.92 Å². The summed E-state index contributed by atoms with van der Waals surface area (Å²) in [6.07, 6.45) is 1.20. The van der Waals surface area contributed by atoms with Gasteiger partial charge in [-0.25, -0.2) is 4.98 Å². The highest BCUT2D eigenvalue weighted by molar-refractivity contribution is 5.57. The first-order chi connectivity index (χ1) is 7.54. The SMILES string of the molecule is CCNc1ncc([N+](=O)[O-])c(NC(C)C)n1. The van der Waals surface area contributed by atoms with Gasteiger partial charge < -0.3 is 10.6 Å². The maximum atomic E-state index is 10.7. The summed E-state index contributed by atoms with van der Waals surface area (Å²) >= 11 is 0. The molecule has 2 N–H and O–H groups in total. The van der Waals surface area contributed by atoms with E-state index in [1.54, 1.807) is 0 Å². The molecule has 0 spiro atoms. The minimum Gasteiger partial charge on any atom is -0.362 e. The average molecular weight is 225 g/mol. The van der Waals surface area contributed by atoms with Crippen LogP contribution in [0.15, 0.2) is 6.20 Å². The first-order valence-electron chi connectivity index (χ1n) is 5.06. The van der Waals surface area contributed by atoms with Gasteiger partial charge in [0.05, 0.1) is 4.92 Å². The summed E-state index contributed by atoms with van der Waals surface area (Å²) in [7, 11) is 0. The molecular weight excluding hydrogens is 210 g/mol. The highest BCUT2D eigenvalue weighted by atomic mass is 16.6. The van der Waals surface area contributed by atoms with Crippen LogP contribution >= 0.6 is 0 Å². The van der Waals surface area contributed by atoms with E-state index in [9.17, 15) is 10.1 Å². The third-order valence-electron chi connectivity index (χ3n) is 1.73. The lowest BCUT2D eigenvalue weighted by molar-refractivity contribution is -0.384. The monoisotopic (exact) mass is 225 g/mol. The summed E-state index contributed by atoms with van der Waals surface area (Å²) in [4.78, 5) is 18.1. The van der Waals surface area contributed by atoms with Crippen LogP contribution < -0.4 is 10.6 Å². The topological polar surface area (TPSA) is 93.0 Å². The van der Waals surface area contributed by atoms with Crippen LogP contribution in [0.3, 0.4) is 0 Å². The summed E-state index contributed by atoms with van der Waals surface area (Å²) in [6, 6.07) is 0.0723. The van der Waals surface area contributed by atoms with Crippen molar-refractivity contribution >= 4 is 17.5 Å². The highest BCUT2D eigenvalue weighted by Gasteiger charge is 2.17. The van der Waals surface area contributed by atoms with Gasteiger partial charge in [-0.3, -0.25) is 10.1 Å². The highest BCUT2D eigenvalue weighted by Crippen LogP contribution is 2.22. The Balaban J connectivity index is 3.05. The lowest BCUT2D eigenvalue weighted by atomic mass is 10.3. The molecule has 0 aromatic carbocycles. The average Bonchev–Trinajstić information content (AvgIpc) is 2.16. The van der Waals surface area contributed by atoms with E-state index in [1.165, 1.54) is 6.20 Å². The normalized spacial score (nSPS) is 10.2. The van der Waals surface area contributed by atoms with Crippen molar-refractivity contribution in [2.75, 3.05) is 17.2 Å². The van der Waals surface area contributed by atoms with Crippen LogP contribution in [-0.4, -0.2) is 27.5 Å². The van der Waals surface area contributed by atoms with Gasteiger partial charge in [-0.2, -0.15) is 4.98 Å². The first kappa shape index (κ1) is 12.2. The molecule has 0 atom stereocenters. The summed E-state index contributed by atoms with van der Waals surface area (Å²) < 4.78 is 0. The van der Waals surface area contributed by atoms with Gasteiger partial charge >= 0.3 is 5.69 Å². The number of anilines is 2. The fourth-order valence-electron chi connectivity index (χ4n) is 1.13. The fraction of sp³-hybridized carbons (Fsp3) is 0.556. The lowest BCUT2D eigenvalue weighted by Crippen LogP contribution is -2.14. The van der Waals surface area contributed by atoms with E-state index in [1.807, 2.05) is 20.8 Å². The summed E-state index contributed by atoms with van der Waals surface area (Å²) in [6.45, 7) is 6.34. The molecule has 1 rings (SSSR count). The van der Waals surface area contributed by atoms with Crippen molar-refractivity contribution in [3.8, 4) is 0 Å². The molecule has 0 bridgehead atoms. The molecule has 1 heterocycles. The van der Waals surface area contributed by atoms with Gasteiger partial charge in [-0.05, 0) is 20.8 Å². The molecule has 0 radical (unpaired) electrons. The van der Waals surface area contributed by atoms with Crippen molar-refractivity contribution in [2.45, 2.75) is 26.8 Å². The Bertz CT molecular complexity index is 380. The van der Waals surface area contributed by atoms with Crippen molar-refractivity contribution in [1.29, 1.82) is 0 Å². The Morgan fingerprint density at radius 2 is 2.25 bits per heavy atom. The second kappa shape index (κ2) is 5.24. The Labute approximate surface area is 93.4 Å². The van der Waals surface area contributed by atoms with Gasteiger partial charge in [0, 0.05) is 12.6 Å². The summed E-state index contributed by atoms with van der Waals surface area (Å²) in [5, 5.41) is 16.6. The number of aromatic nitrogens is 2. The van der Waals surface area contributed by atoms with Crippen molar-refractivity contribution in [2.24, 2.45) is 0 Å². The smallest absolute Gasteiger partial charge is 0.329 e. The molecule has 1 aromatic heterocycles. The summed E-state index contributed by atoms with van der Waals surface area (Å²) in [5.74, 6) is 0.627. The maximum absolute atomic E-state index is 10.7. The molecule has 1 aromatic rings. The molecule has 88 valence electrons. The van der Waals surface area contributed by atoms with Gasteiger partial charge in [-0.15, -0.1) is 0 Å². The van der Waals surface area contributed by atoms with Gasteiger partial charge in [-0.1, -0.05) is 0 Å². The van der Waals surface area contributed by atoms with Crippen LogP contribution in [0.1, 0.15) is 20.8 Å². The van der Waals surface area contributed by atoms with Crippen LogP contribution in [0.25, 0.3) is 0 Å². The Kier molecular flexibility index (Phi) is 3.98. The van der Waals surface area contributed by atoms with Crippen LogP contribution in [-0.2, 0) is 0 Å². The molecule has 0 aliphatic carbocycles. The third kappa shape index (κ3) is 3.04. The minimum absolute atomic E-state index is 0.0723. The predicted octanol–water partition coefficient (Wildman–Crippen LogP) is 1.64. The van der Waals surface area contributed by atoms with E-state index < -0.39 is 4.92 Å². The van der Waals surface area contributed by atoms with E-state index >= 15 is 0 Å². The molecule has 0 aliphatic rings. The quantitative estimate of drug-likeness (QED) is 0.584. The standard InChI is InChI=1S/C9H15N5O2/c1-4-10-9-11-5-7(14(15)16)8(13-9)12-6(2)3/h5-6H,4H2,1-3H3,(H2,10,11,12,13). The molecule has 0 fully saturated rings. The van der Waals surface area contributed by atoms with Gasteiger partial charge in [0.1, 0.15) is 6.20 Å². The largest absolute Gasteiger partial charge is 0.362 e. The molecule has 7 heteroatoms. The summed E-state index contributed by atoms with van der Waals surface area (Å²) in [5.41, 5.74) is -0.115. The molecule has 7 nitrogen and oxygen atoms in total. The second-order valence-corrected chi connectivity index (χ2v) is 3.51. The Hall–Kier alpha value is -1.92. The minimum atomic E-state index is -0.500. The number of hydrogen-bond acceptors (Lipinski definition) is 6. The van der Waals surface area contributed by atoms with Crippen LogP contribution in [0.5, 0.6) is 0 Å². The molecule has 0 unspecified atom stereocenters. The maximum Gasteiger partial charge on any atom is 0.329 e. The Morgan fingerprint density at radius 1 is 1.56 bits per heavy atom. The first-order valence-corrected chi connectivity index (χ1v) is 5.06. The molecule has 0 saturated heterocycles. The van der Waals surface area contributed by atoms with E-state index in [-0.39, 0.29) is 17.5 Å². The molecule has 0 amide bonds. The molecule has 16 heavy (non-hydrogen) atoms. The van der Waals surface area contributed by atoms with Gasteiger partial charge in [0.15, 0.2) is 0 Å². The number of nitrogens with one attached hydrogen (secondary N) is 2. The van der Waals surface area contributed by atoms with Crippen LogP contribution in [0.2, 0.25) is 0 Å². The lowest BCUT2D eigenvalue weighted by Gasteiger charge is -2.10. The number of rotatable bonds is 5. The number of nitro groups is 1. The number of nitrogens with zero attached hydrogens (tertiary/aromatic N) is 3. The molecular formula is C9H15N5O2. The van der Waals surface area contributed by atoms with E-state index in [0.717, 1.165) is 0 Å². The van der Waals surface area contributed by atoms with Crippen molar-refractivity contribution in [1.82, 2.24) is 9.97 Å². The second-order valence-electron chi connectivity index (χ2n) is 3.51. The molecule has 0 saturated carbocycles. The zero-order valence-corrected chi connectivity index (χ0v) is 9.52. The van der Waals surface area contributed by atoms with E-state index in [2.05, 4.69) is 20.6 Å². The zero-order valence-electron chi connectivity index (χ0n) is 9.52. The van der Waals surface area contributed by atoms with Crippen molar-refractivity contribution in [3.63, 3.8) is 0 Å². The predicted molar refractivity (Wildman–Crippen MR) is 61.6 cm³/mol. The fourth-order valence-corrected chi connectivity index (χ4v) is 1.13.